The van der Waals surface area contributed by atoms with Gasteiger partial charge in [0.25, 0.3) is 5.78 Å². The number of esters is 1. The zero-order chi connectivity index (χ0) is 15.3. The highest BCUT2D eigenvalue weighted by molar-refractivity contribution is 6.41. The maximum absolute atomic E-state index is 12.0. The third-order valence-corrected chi connectivity index (χ3v) is 2.85. The molecule has 110 valence electrons. The number of hydrogen-bond acceptors (Lipinski definition) is 4. The van der Waals surface area contributed by atoms with Crippen molar-refractivity contribution in [2.45, 2.75) is 40.0 Å². The van der Waals surface area contributed by atoms with Crippen LogP contribution >= 0.6 is 0 Å². The Hall–Kier alpha value is -1.84. The number of carbonyl (C=O) groups is 2. The van der Waals surface area contributed by atoms with Gasteiger partial charge in [-0.1, -0.05) is 26.8 Å². The maximum Gasteiger partial charge on any atom is 0.379 e. The lowest BCUT2D eigenvalue weighted by molar-refractivity contribution is -0.137. The van der Waals surface area contributed by atoms with Crippen molar-refractivity contribution in [2.24, 2.45) is 0 Å². The van der Waals surface area contributed by atoms with E-state index in [9.17, 15) is 9.59 Å². The summed E-state index contributed by atoms with van der Waals surface area (Å²) in [4.78, 5) is 23.6. The third-order valence-electron chi connectivity index (χ3n) is 2.85. The molecular weight excluding hydrogens is 256 g/mol. The fraction of sp³-hybridized carbons (Fsp3) is 0.500. The molecule has 20 heavy (non-hydrogen) atoms. The number of hydrogen-bond donors (Lipinski definition) is 0. The number of ether oxygens (including phenoxy) is 2. The van der Waals surface area contributed by atoms with E-state index in [1.807, 2.05) is 19.1 Å². The van der Waals surface area contributed by atoms with E-state index >= 15 is 0 Å². The van der Waals surface area contributed by atoms with Crippen molar-refractivity contribution in [1.29, 1.82) is 0 Å². The average molecular weight is 278 g/mol. The predicted octanol–water partition coefficient (Wildman–Crippen LogP) is 3.13. The van der Waals surface area contributed by atoms with Crippen molar-refractivity contribution in [3.63, 3.8) is 0 Å². The largest absolute Gasteiger partial charge is 0.493 e. The fourth-order valence-corrected chi connectivity index (χ4v) is 1.76. The topological polar surface area (TPSA) is 52.6 Å². The van der Waals surface area contributed by atoms with E-state index in [-0.39, 0.29) is 17.6 Å². The van der Waals surface area contributed by atoms with E-state index in [1.165, 1.54) is 0 Å². The molecule has 0 bridgehead atoms. The second-order valence-corrected chi connectivity index (χ2v) is 5.44. The Labute approximate surface area is 120 Å². The van der Waals surface area contributed by atoms with Crippen LogP contribution in [-0.4, -0.2) is 25.0 Å². The number of Topliss-reactive ketones (excluding diaryl/α,β-unsaturated/α-hetero) is 1. The summed E-state index contributed by atoms with van der Waals surface area (Å²) in [5.74, 6) is -1.09. The molecule has 0 N–H and O–H groups in total. The third kappa shape index (κ3) is 3.83. The van der Waals surface area contributed by atoms with E-state index in [4.69, 9.17) is 9.47 Å². The second kappa shape index (κ2) is 6.55. The van der Waals surface area contributed by atoms with Gasteiger partial charge >= 0.3 is 5.97 Å². The highest BCUT2D eigenvalue weighted by atomic mass is 16.5. The normalized spacial score (nSPS) is 11.1. The van der Waals surface area contributed by atoms with Gasteiger partial charge in [-0.2, -0.15) is 0 Å². The molecule has 0 aliphatic carbocycles. The van der Waals surface area contributed by atoms with Gasteiger partial charge in [-0.15, -0.1) is 0 Å². The average Bonchev–Trinajstić information content (AvgIpc) is 2.37. The summed E-state index contributed by atoms with van der Waals surface area (Å²) in [6.45, 7) is 10.3. The number of rotatable bonds is 5. The van der Waals surface area contributed by atoms with Gasteiger partial charge in [-0.25, -0.2) is 4.79 Å². The van der Waals surface area contributed by atoms with Gasteiger partial charge in [0.05, 0.1) is 18.8 Å². The van der Waals surface area contributed by atoms with Crippen molar-refractivity contribution < 1.29 is 19.1 Å². The Balaban J connectivity index is 3.19. The van der Waals surface area contributed by atoms with Gasteiger partial charge in [0.15, 0.2) is 0 Å². The van der Waals surface area contributed by atoms with Crippen LogP contribution in [0.4, 0.5) is 0 Å². The Morgan fingerprint density at radius 1 is 1.10 bits per heavy atom. The molecule has 0 spiro atoms. The molecule has 4 heteroatoms. The van der Waals surface area contributed by atoms with Crippen LogP contribution in [0.25, 0.3) is 0 Å². The highest BCUT2D eigenvalue weighted by Gasteiger charge is 2.24. The first-order chi connectivity index (χ1) is 9.31. The molecule has 0 aliphatic heterocycles. The molecule has 0 aliphatic rings. The Morgan fingerprint density at radius 3 is 2.25 bits per heavy atom. The van der Waals surface area contributed by atoms with Gasteiger partial charge in [0.1, 0.15) is 5.75 Å². The first kappa shape index (κ1) is 16.2. The monoisotopic (exact) mass is 278 g/mol. The Morgan fingerprint density at radius 2 is 1.75 bits per heavy atom. The van der Waals surface area contributed by atoms with Crippen molar-refractivity contribution in [3.05, 3.63) is 29.3 Å². The molecule has 0 atom stereocenters. The molecule has 1 rings (SSSR count). The van der Waals surface area contributed by atoms with E-state index < -0.39 is 11.8 Å². The zero-order valence-electron chi connectivity index (χ0n) is 12.8. The second-order valence-electron chi connectivity index (χ2n) is 5.44. The van der Waals surface area contributed by atoms with E-state index in [0.717, 1.165) is 5.56 Å². The molecule has 0 fully saturated rings. The molecule has 0 aromatic heterocycles. The fourth-order valence-electron chi connectivity index (χ4n) is 1.76. The van der Waals surface area contributed by atoms with Crippen LogP contribution in [-0.2, 0) is 14.9 Å². The van der Waals surface area contributed by atoms with Gasteiger partial charge in [-0.3, -0.25) is 4.79 Å². The zero-order valence-corrected chi connectivity index (χ0v) is 12.8. The van der Waals surface area contributed by atoms with Crippen LogP contribution < -0.4 is 4.74 Å². The summed E-state index contributed by atoms with van der Waals surface area (Å²) >= 11 is 0. The van der Waals surface area contributed by atoms with Crippen LogP contribution in [0.2, 0.25) is 0 Å². The summed E-state index contributed by atoms with van der Waals surface area (Å²) in [6, 6.07) is 5.29. The SMILES string of the molecule is CCOC(=O)C(=O)c1ccc(C(C)(C)C)cc1OCC. The van der Waals surface area contributed by atoms with E-state index in [1.54, 1.807) is 13.0 Å². The summed E-state index contributed by atoms with van der Waals surface area (Å²) in [6.07, 6.45) is 0. The lowest BCUT2D eigenvalue weighted by atomic mass is 9.86. The van der Waals surface area contributed by atoms with Crippen LogP contribution in [0.5, 0.6) is 5.75 Å². The summed E-state index contributed by atoms with van der Waals surface area (Å²) in [7, 11) is 0. The molecule has 0 saturated carbocycles. The molecule has 0 unspecified atom stereocenters. The van der Waals surface area contributed by atoms with E-state index in [0.29, 0.717) is 12.4 Å². The smallest absolute Gasteiger partial charge is 0.379 e. The van der Waals surface area contributed by atoms with Crippen molar-refractivity contribution in [2.75, 3.05) is 13.2 Å². The molecule has 0 saturated heterocycles. The van der Waals surface area contributed by atoms with Gasteiger partial charge < -0.3 is 9.47 Å². The summed E-state index contributed by atoms with van der Waals surface area (Å²) < 4.78 is 10.2. The van der Waals surface area contributed by atoms with Gasteiger partial charge in [0.2, 0.25) is 0 Å². The summed E-state index contributed by atoms with van der Waals surface area (Å²) in [5.41, 5.74) is 1.23. The first-order valence-corrected chi connectivity index (χ1v) is 6.80. The lowest BCUT2D eigenvalue weighted by Crippen LogP contribution is -2.19. The predicted molar refractivity (Wildman–Crippen MR) is 77.3 cm³/mol. The van der Waals surface area contributed by atoms with E-state index in [2.05, 4.69) is 20.8 Å². The number of benzene rings is 1. The van der Waals surface area contributed by atoms with Crippen LogP contribution in [0, 0.1) is 0 Å². The lowest BCUT2D eigenvalue weighted by Gasteiger charge is -2.21. The maximum atomic E-state index is 12.0. The molecule has 1 aromatic rings. The molecule has 0 heterocycles. The first-order valence-electron chi connectivity index (χ1n) is 6.80. The molecule has 4 nitrogen and oxygen atoms in total. The minimum Gasteiger partial charge on any atom is -0.493 e. The van der Waals surface area contributed by atoms with Crippen LogP contribution in [0.3, 0.4) is 0 Å². The molecular formula is C16H22O4. The minimum atomic E-state index is -0.850. The Bertz CT molecular complexity index is 498. The summed E-state index contributed by atoms with van der Waals surface area (Å²) in [5, 5.41) is 0. The highest BCUT2D eigenvalue weighted by Crippen LogP contribution is 2.29. The van der Waals surface area contributed by atoms with Gasteiger partial charge in [-0.05, 0) is 37.0 Å². The minimum absolute atomic E-state index is 0.0582. The van der Waals surface area contributed by atoms with Crippen LogP contribution in [0.15, 0.2) is 18.2 Å². The van der Waals surface area contributed by atoms with Crippen molar-refractivity contribution in [3.8, 4) is 5.75 Å². The number of ketones is 1. The Kier molecular flexibility index (Phi) is 5.31. The quantitative estimate of drug-likeness (QED) is 0.472. The molecule has 0 amide bonds. The standard InChI is InChI=1S/C16H22O4/c1-6-19-13-10-11(16(3,4)5)8-9-12(13)14(17)15(18)20-7-2/h8-10H,6-7H2,1-5H3. The van der Waals surface area contributed by atoms with Gasteiger partial charge in [0, 0.05) is 0 Å². The molecule has 0 radical (unpaired) electrons. The van der Waals surface area contributed by atoms with Crippen molar-refractivity contribution in [1.82, 2.24) is 0 Å². The van der Waals surface area contributed by atoms with Crippen LogP contribution in [0.1, 0.15) is 50.5 Å². The number of carbonyl (C=O) groups excluding carboxylic acids is 2. The van der Waals surface area contributed by atoms with Crippen molar-refractivity contribution >= 4 is 11.8 Å². The molecule has 1 aromatic carbocycles.